The number of halogens is 1. The van der Waals surface area contributed by atoms with Gasteiger partial charge in [-0.25, -0.2) is 4.98 Å². The van der Waals surface area contributed by atoms with E-state index in [1.165, 1.54) is 6.39 Å². The molecule has 1 aromatic heterocycles. The fraction of sp³-hybridized carbons (Fsp3) is 0.636. The van der Waals surface area contributed by atoms with Gasteiger partial charge in [-0.3, -0.25) is 4.79 Å². The number of carbonyl (C=O) groups excluding carboxylic acids is 1. The number of hydrogen-bond acceptors (Lipinski definition) is 4. The lowest BCUT2D eigenvalue weighted by Crippen LogP contribution is -2.51. The molecule has 2 rings (SSSR count). The third-order valence-corrected chi connectivity index (χ3v) is 3.22. The fourth-order valence-corrected chi connectivity index (χ4v) is 2.02. The number of aromatic nitrogens is 1. The third kappa shape index (κ3) is 2.45. The molecule has 0 radical (unpaired) electrons. The lowest BCUT2D eigenvalue weighted by Gasteiger charge is -2.36. The maximum Gasteiger partial charge on any atom is 0.291 e. The van der Waals surface area contributed by atoms with Crippen LogP contribution in [0.25, 0.3) is 0 Å². The smallest absolute Gasteiger partial charge is 0.291 e. The van der Waals surface area contributed by atoms with Crippen LogP contribution in [0, 0.1) is 6.92 Å². The van der Waals surface area contributed by atoms with E-state index in [0.717, 1.165) is 0 Å². The molecule has 1 saturated heterocycles. The molecule has 0 aromatic carbocycles. The van der Waals surface area contributed by atoms with E-state index in [2.05, 4.69) is 4.98 Å². The maximum atomic E-state index is 12.2. The van der Waals surface area contributed by atoms with Crippen LogP contribution in [0.1, 0.15) is 23.2 Å². The van der Waals surface area contributed by atoms with Crippen LogP contribution in [0.5, 0.6) is 0 Å². The van der Waals surface area contributed by atoms with Gasteiger partial charge in [0.05, 0.1) is 30.3 Å². The van der Waals surface area contributed by atoms with Crippen LogP contribution in [0.4, 0.5) is 0 Å². The summed E-state index contributed by atoms with van der Waals surface area (Å²) in [6.07, 6.45) is 1.17. The molecule has 0 aliphatic carbocycles. The summed E-state index contributed by atoms with van der Waals surface area (Å²) in [5.74, 6) is 0.532. The molecule has 2 atom stereocenters. The van der Waals surface area contributed by atoms with Crippen LogP contribution in [0.2, 0.25) is 0 Å². The van der Waals surface area contributed by atoms with E-state index in [1.54, 1.807) is 11.8 Å². The van der Waals surface area contributed by atoms with Gasteiger partial charge < -0.3 is 14.1 Å². The first-order valence-corrected chi connectivity index (χ1v) is 6.05. The normalized spacial score (nSPS) is 25.0. The molecule has 1 amide bonds. The molecule has 0 N–H and O–H groups in total. The first-order valence-electron chi connectivity index (χ1n) is 5.52. The summed E-state index contributed by atoms with van der Waals surface area (Å²) in [4.78, 5) is 17.9. The number of nitrogens with zero attached hydrogens (tertiary/aromatic N) is 2. The van der Waals surface area contributed by atoms with Gasteiger partial charge in [0.25, 0.3) is 5.91 Å². The summed E-state index contributed by atoms with van der Waals surface area (Å²) in [5.41, 5.74) is 0.608. The number of aryl methyl sites for hydroxylation is 1. The molecule has 1 fully saturated rings. The Kier molecular flexibility index (Phi) is 3.69. The van der Waals surface area contributed by atoms with Crippen molar-refractivity contribution in [3.63, 3.8) is 0 Å². The van der Waals surface area contributed by atoms with Crippen molar-refractivity contribution in [3.8, 4) is 0 Å². The van der Waals surface area contributed by atoms with Gasteiger partial charge in [-0.1, -0.05) is 0 Å². The molecule has 0 spiro atoms. The molecule has 6 heteroatoms. The lowest BCUT2D eigenvalue weighted by atomic mass is 10.2. The van der Waals surface area contributed by atoms with Crippen molar-refractivity contribution >= 4 is 17.5 Å². The summed E-state index contributed by atoms with van der Waals surface area (Å²) in [7, 11) is 0. The molecular weight excluding hydrogens is 244 g/mol. The van der Waals surface area contributed by atoms with Crippen molar-refractivity contribution in [2.24, 2.45) is 0 Å². The van der Waals surface area contributed by atoms with Crippen molar-refractivity contribution in [2.75, 3.05) is 19.0 Å². The van der Waals surface area contributed by atoms with Gasteiger partial charge >= 0.3 is 0 Å². The van der Waals surface area contributed by atoms with Crippen molar-refractivity contribution < 1.29 is 13.9 Å². The zero-order valence-electron chi connectivity index (χ0n) is 9.85. The fourth-order valence-electron chi connectivity index (χ4n) is 1.83. The SMILES string of the molecule is Cc1ncoc1C(=O)N1CC(CCl)OCC1C. The average Bonchev–Trinajstić information content (AvgIpc) is 2.75. The van der Waals surface area contributed by atoms with Crippen LogP contribution >= 0.6 is 11.6 Å². The Morgan fingerprint density at radius 2 is 2.47 bits per heavy atom. The summed E-state index contributed by atoms with van der Waals surface area (Å²) in [6.45, 7) is 4.68. The van der Waals surface area contributed by atoms with Crippen molar-refractivity contribution in [1.29, 1.82) is 0 Å². The minimum Gasteiger partial charge on any atom is -0.438 e. The molecule has 1 aromatic rings. The Hall–Kier alpha value is -1.07. The Morgan fingerprint density at radius 1 is 1.71 bits per heavy atom. The van der Waals surface area contributed by atoms with Crippen LogP contribution in [0.3, 0.4) is 0 Å². The monoisotopic (exact) mass is 258 g/mol. The predicted molar refractivity (Wildman–Crippen MR) is 62.2 cm³/mol. The van der Waals surface area contributed by atoms with Gasteiger partial charge in [-0.15, -0.1) is 11.6 Å². The molecule has 1 aliphatic rings. The second kappa shape index (κ2) is 5.06. The summed E-state index contributed by atoms with van der Waals surface area (Å²) in [6, 6.07) is 0.0199. The van der Waals surface area contributed by atoms with E-state index in [-0.39, 0.29) is 18.1 Å². The van der Waals surface area contributed by atoms with Gasteiger partial charge in [0.2, 0.25) is 5.76 Å². The summed E-state index contributed by atoms with van der Waals surface area (Å²) < 4.78 is 10.6. The molecule has 94 valence electrons. The number of ether oxygens (including phenoxy) is 1. The highest BCUT2D eigenvalue weighted by molar-refractivity contribution is 6.18. The highest BCUT2D eigenvalue weighted by Gasteiger charge is 2.32. The zero-order valence-corrected chi connectivity index (χ0v) is 10.6. The number of oxazole rings is 1. The Balaban J connectivity index is 2.15. The third-order valence-electron chi connectivity index (χ3n) is 2.88. The van der Waals surface area contributed by atoms with Crippen LogP contribution in [-0.4, -0.2) is 47.0 Å². The van der Waals surface area contributed by atoms with Gasteiger partial charge in [0, 0.05) is 6.54 Å². The quantitative estimate of drug-likeness (QED) is 0.754. The van der Waals surface area contributed by atoms with E-state index >= 15 is 0 Å². The van der Waals surface area contributed by atoms with E-state index in [9.17, 15) is 4.79 Å². The number of carbonyl (C=O) groups is 1. The standard InChI is InChI=1S/C11H15ClN2O3/c1-7-5-16-9(3-12)4-14(7)11(15)10-8(2)13-6-17-10/h6-7,9H,3-5H2,1-2H3. The Labute approximate surface area is 105 Å². The molecule has 1 aliphatic heterocycles. The zero-order chi connectivity index (χ0) is 12.4. The van der Waals surface area contributed by atoms with Crippen molar-refractivity contribution in [1.82, 2.24) is 9.88 Å². The van der Waals surface area contributed by atoms with Gasteiger partial charge in [0.1, 0.15) is 0 Å². The van der Waals surface area contributed by atoms with Crippen molar-refractivity contribution in [3.05, 3.63) is 17.8 Å². The van der Waals surface area contributed by atoms with Crippen LogP contribution in [0.15, 0.2) is 10.8 Å². The van der Waals surface area contributed by atoms with E-state index in [0.29, 0.717) is 30.5 Å². The summed E-state index contributed by atoms with van der Waals surface area (Å²) >= 11 is 5.76. The largest absolute Gasteiger partial charge is 0.438 e. The number of rotatable bonds is 2. The molecule has 2 unspecified atom stereocenters. The summed E-state index contributed by atoms with van der Waals surface area (Å²) in [5, 5.41) is 0. The van der Waals surface area contributed by atoms with E-state index < -0.39 is 0 Å². The molecule has 17 heavy (non-hydrogen) atoms. The number of morpholine rings is 1. The van der Waals surface area contributed by atoms with Gasteiger partial charge in [-0.05, 0) is 13.8 Å². The van der Waals surface area contributed by atoms with Crippen LogP contribution < -0.4 is 0 Å². The first-order chi connectivity index (χ1) is 8.13. The van der Waals surface area contributed by atoms with Gasteiger partial charge in [0.15, 0.2) is 6.39 Å². The van der Waals surface area contributed by atoms with E-state index in [1.807, 2.05) is 6.92 Å². The molecule has 0 bridgehead atoms. The second-order valence-electron chi connectivity index (χ2n) is 4.18. The Bertz CT molecular complexity index is 407. The predicted octanol–water partition coefficient (Wildman–Crippen LogP) is 1.45. The lowest BCUT2D eigenvalue weighted by molar-refractivity contribution is -0.0381. The highest BCUT2D eigenvalue weighted by Crippen LogP contribution is 2.17. The first kappa shape index (κ1) is 12.4. The molecule has 0 saturated carbocycles. The van der Waals surface area contributed by atoms with Crippen molar-refractivity contribution in [2.45, 2.75) is 26.0 Å². The number of amides is 1. The molecule has 5 nitrogen and oxygen atoms in total. The van der Waals surface area contributed by atoms with E-state index in [4.69, 9.17) is 20.8 Å². The maximum absolute atomic E-state index is 12.2. The Morgan fingerprint density at radius 3 is 3.06 bits per heavy atom. The minimum atomic E-state index is -0.147. The van der Waals surface area contributed by atoms with Crippen LogP contribution in [-0.2, 0) is 4.74 Å². The highest BCUT2D eigenvalue weighted by atomic mass is 35.5. The topological polar surface area (TPSA) is 55.6 Å². The van der Waals surface area contributed by atoms with Gasteiger partial charge in [-0.2, -0.15) is 0 Å². The second-order valence-corrected chi connectivity index (χ2v) is 4.49. The minimum absolute atomic E-state index is 0.0199. The number of alkyl halides is 1. The molecule has 2 heterocycles. The molecular formula is C11H15ClN2O3. The average molecular weight is 259 g/mol. The number of hydrogen-bond donors (Lipinski definition) is 0.